The van der Waals surface area contributed by atoms with Crippen molar-refractivity contribution in [1.82, 2.24) is 4.90 Å². The van der Waals surface area contributed by atoms with E-state index in [1.807, 2.05) is 0 Å². The molecule has 1 aliphatic carbocycles. The second kappa shape index (κ2) is 6.38. The lowest BCUT2D eigenvalue weighted by Gasteiger charge is -2.36. The third-order valence-corrected chi connectivity index (χ3v) is 5.05. The molecule has 2 rings (SSSR count). The van der Waals surface area contributed by atoms with Crippen molar-refractivity contribution in [2.75, 3.05) is 26.0 Å². The van der Waals surface area contributed by atoms with Gasteiger partial charge in [-0.05, 0) is 33.0 Å². The van der Waals surface area contributed by atoms with Gasteiger partial charge in [0.05, 0.1) is 15.0 Å². The maximum absolute atomic E-state index is 11.1. The third-order valence-electron chi connectivity index (χ3n) is 4.33. The highest BCUT2D eigenvalue weighted by atomic mass is 35.5. The van der Waals surface area contributed by atoms with Gasteiger partial charge in [0.25, 0.3) is 5.69 Å². The lowest BCUT2D eigenvalue weighted by Crippen LogP contribution is -2.47. The molecule has 1 aromatic carbocycles. The van der Waals surface area contributed by atoms with Crippen LogP contribution in [0.1, 0.15) is 25.7 Å². The van der Waals surface area contributed by atoms with Gasteiger partial charge < -0.3 is 10.2 Å². The van der Waals surface area contributed by atoms with E-state index in [1.54, 1.807) is 0 Å². The summed E-state index contributed by atoms with van der Waals surface area (Å²) >= 11 is 11.8. The largest absolute Gasteiger partial charge is 0.378 e. The minimum Gasteiger partial charge on any atom is -0.378 e. The predicted molar refractivity (Wildman–Crippen MR) is 86.5 cm³/mol. The predicted octanol–water partition coefficient (Wildman–Crippen LogP) is 4.19. The summed E-state index contributed by atoms with van der Waals surface area (Å²) in [5.41, 5.74) is 0.416. The Morgan fingerprint density at radius 1 is 1.29 bits per heavy atom. The van der Waals surface area contributed by atoms with Gasteiger partial charge in [-0.25, -0.2) is 0 Å². The van der Waals surface area contributed by atoms with Crippen LogP contribution in [0.4, 0.5) is 11.4 Å². The Labute approximate surface area is 134 Å². The number of hydrogen-bond donors (Lipinski definition) is 1. The Kier molecular flexibility index (Phi) is 4.96. The van der Waals surface area contributed by atoms with Gasteiger partial charge in [0.2, 0.25) is 0 Å². The highest BCUT2D eigenvalue weighted by Gasteiger charge is 2.36. The molecule has 0 aromatic heterocycles. The third kappa shape index (κ3) is 3.42. The highest BCUT2D eigenvalue weighted by Crippen LogP contribution is 2.37. The van der Waals surface area contributed by atoms with E-state index in [4.69, 9.17) is 23.2 Å². The number of nitro benzene ring substituents is 1. The Morgan fingerprint density at radius 3 is 2.38 bits per heavy atom. The Hall–Kier alpha value is -1.04. The Bertz CT molecular complexity index is 543. The summed E-state index contributed by atoms with van der Waals surface area (Å²) in [5, 5.41) is 14.9. The van der Waals surface area contributed by atoms with Crippen LogP contribution in [0.5, 0.6) is 0 Å². The molecule has 1 N–H and O–H groups in total. The maximum Gasteiger partial charge on any atom is 0.293 e. The van der Waals surface area contributed by atoms with E-state index < -0.39 is 4.92 Å². The van der Waals surface area contributed by atoms with Gasteiger partial charge in [-0.2, -0.15) is 0 Å². The molecule has 0 unspecified atom stereocenters. The average molecular weight is 332 g/mol. The first-order valence-electron chi connectivity index (χ1n) is 6.90. The van der Waals surface area contributed by atoms with Gasteiger partial charge in [0, 0.05) is 18.2 Å². The van der Waals surface area contributed by atoms with Crippen LogP contribution in [-0.2, 0) is 0 Å². The lowest BCUT2D eigenvalue weighted by atomic mass is 9.96. The fourth-order valence-corrected chi connectivity index (χ4v) is 3.23. The summed E-state index contributed by atoms with van der Waals surface area (Å²) in [6.45, 7) is 0.652. The molecule has 1 aliphatic rings. The number of hydrogen-bond acceptors (Lipinski definition) is 4. The van der Waals surface area contributed by atoms with Crippen molar-refractivity contribution in [2.45, 2.75) is 31.2 Å². The molecule has 0 radical (unpaired) electrons. The molecule has 7 heteroatoms. The summed E-state index contributed by atoms with van der Waals surface area (Å²) in [7, 11) is 4.10. The molecule has 0 bridgehead atoms. The summed E-state index contributed by atoms with van der Waals surface area (Å²) in [5.74, 6) is 0. The number of benzene rings is 1. The molecular weight excluding hydrogens is 313 g/mol. The van der Waals surface area contributed by atoms with E-state index in [1.165, 1.54) is 25.0 Å². The number of rotatable bonds is 5. The quantitative estimate of drug-likeness (QED) is 0.649. The molecule has 21 heavy (non-hydrogen) atoms. The zero-order chi connectivity index (χ0) is 15.6. The highest BCUT2D eigenvalue weighted by molar-refractivity contribution is 6.42. The molecule has 0 amide bonds. The summed E-state index contributed by atoms with van der Waals surface area (Å²) in [6, 6.07) is 2.82. The molecule has 0 aliphatic heterocycles. The fraction of sp³-hybridized carbons (Fsp3) is 0.571. The number of halogens is 2. The van der Waals surface area contributed by atoms with E-state index in [9.17, 15) is 10.1 Å². The van der Waals surface area contributed by atoms with Crippen molar-refractivity contribution in [3.8, 4) is 0 Å². The zero-order valence-electron chi connectivity index (χ0n) is 12.2. The standard InChI is InChI=1S/C14H19Cl2N3O2/c1-18(2)14(5-3-4-6-14)9-17-12-7-10(15)11(16)8-13(12)19(20)21/h7-8,17H,3-6,9H2,1-2H3. The average Bonchev–Trinajstić information content (AvgIpc) is 2.89. The van der Waals surface area contributed by atoms with E-state index >= 15 is 0 Å². The number of anilines is 1. The first kappa shape index (κ1) is 16.3. The van der Waals surface area contributed by atoms with Crippen LogP contribution in [0.15, 0.2) is 12.1 Å². The van der Waals surface area contributed by atoms with Crippen molar-refractivity contribution >= 4 is 34.6 Å². The molecule has 0 spiro atoms. The van der Waals surface area contributed by atoms with Gasteiger partial charge in [-0.1, -0.05) is 36.0 Å². The van der Waals surface area contributed by atoms with Crippen molar-refractivity contribution in [3.05, 3.63) is 32.3 Å². The van der Waals surface area contributed by atoms with Crippen molar-refractivity contribution < 1.29 is 4.92 Å². The Morgan fingerprint density at radius 2 is 1.86 bits per heavy atom. The summed E-state index contributed by atoms with van der Waals surface area (Å²) < 4.78 is 0. The fourth-order valence-electron chi connectivity index (χ4n) is 2.90. The minimum absolute atomic E-state index is 0.0416. The molecule has 0 atom stereocenters. The van der Waals surface area contributed by atoms with Crippen LogP contribution in [-0.4, -0.2) is 36.0 Å². The van der Waals surface area contributed by atoms with Gasteiger partial charge in [0.15, 0.2) is 0 Å². The second-order valence-corrected chi connectivity index (χ2v) is 6.53. The summed E-state index contributed by atoms with van der Waals surface area (Å²) in [6.07, 6.45) is 4.54. The van der Waals surface area contributed by atoms with Crippen LogP contribution in [0.2, 0.25) is 10.0 Å². The monoisotopic (exact) mass is 331 g/mol. The first-order chi connectivity index (χ1) is 9.85. The SMILES string of the molecule is CN(C)C1(CNc2cc(Cl)c(Cl)cc2[N+](=O)[O-])CCCC1. The van der Waals surface area contributed by atoms with Crippen molar-refractivity contribution in [3.63, 3.8) is 0 Å². The number of nitro groups is 1. The topological polar surface area (TPSA) is 58.4 Å². The van der Waals surface area contributed by atoms with Crippen molar-refractivity contribution in [1.29, 1.82) is 0 Å². The van der Waals surface area contributed by atoms with E-state index in [0.29, 0.717) is 17.3 Å². The number of nitrogens with one attached hydrogen (secondary N) is 1. The van der Waals surface area contributed by atoms with Gasteiger partial charge >= 0.3 is 0 Å². The smallest absolute Gasteiger partial charge is 0.293 e. The Balaban J connectivity index is 2.23. The zero-order valence-corrected chi connectivity index (χ0v) is 13.7. The van der Waals surface area contributed by atoms with E-state index in [-0.39, 0.29) is 16.2 Å². The summed E-state index contributed by atoms with van der Waals surface area (Å²) in [4.78, 5) is 12.9. The molecule has 1 aromatic rings. The molecular formula is C14H19Cl2N3O2. The molecule has 0 saturated heterocycles. The maximum atomic E-state index is 11.1. The second-order valence-electron chi connectivity index (χ2n) is 5.72. The first-order valence-corrected chi connectivity index (χ1v) is 7.66. The minimum atomic E-state index is -0.443. The normalized spacial score (nSPS) is 17.2. The van der Waals surface area contributed by atoms with E-state index in [2.05, 4.69) is 24.3 Å². The number of likely N-dealkylation sites (N-methyl/N-ethyl adjacent to an activating group) is 1. The van der Waals surface area contributed by atoms with Crippen LogP contribution < -0.4 is 5.32 Å². The van der Waals surface area contributed by atoms with Gasteiger partial charge in [-0.3, -0.25) is 10.1 Å². The van der Waals surface area contributed by atoms with Crippen LogP contribution in [0.3, 0.4) is 0 Å². The molecule has 116 valence electrons. The number of nitrogens with zero attached hydrogens (tertiary/aromatic N) is 2. The van der Waals surface area contributed by atoms with Gasteiger partial charge in [0.1, 0.15) is 5.69 Å². The molecule has 5 nitrogen and oxygen atoms in total. The lowest BCUT2D eigenvalue weighted by molar-refractivity contribution is -0.383. The van der Waals surface area contributed by atoms with Gasteiger partial charge in [-0.15, -0.1) is 0 Å². The van der Waals surface area contributed by atoms with Crippen molar-refractivity contribution in [2.24, 2.45) is 0 Å². The molecule has 0 heterocycles. The van der Waals surface area contributed by atoms with E-state index in [0.717, 1.165) is 12.8 Å². The van der Waals surface area contributed by atoms with Crippen LogP contribution in [0.25, 0.3) is 0 Å². The molecule has 1 saturated carbocycles. The van der Waals surface area contributed by atoms with Crippen LogP contribution >= 0.6 is 23.2 Å². The molecule has 1 fully saturated rings. The van der Waals surface area contributed by atoms with Crippen LogP contribution in [0, 0.1) is 10.1 Å².